The highest BCUT2D eigenvalue weighted by atomic mass is 32.2. The Morgan fingerprint density at radius 1 is 1.35 bits per heavy atom. The first-order valence-electron chi connectivity index (χ1n) is 6.86. The van der Waals surface area contributed by atoms with Crippen LogP contribution in [0.3, 0.4) is 0 Å². The van der Waals surface area contributed by atoms with Gasteiger partial charge in [0.05, 0.1) is 17.2 Å². The van der Waals surface area contributed by atoms with Crippen LogP contribution in [0.2, 0.25) is 0 Å². The van der Waals surface area contributed by atoms with Crippen molar-refractivity contribution in [1.82, 2.24) is 10.6 Å². The predicted octanol–water partition coefficient (Wildman–Crippen LogP) is 1.02. The van der Waals surface area contributed by atoms with Gasteiger partial charge in [-0.1, -0.05) is 25.1 Å². The van der Waals surface area contributed by atoms with E-state index in [0.717, 1.165) is 12.0 Å². The summed E-state index contributed by atoms with van der Waals surface area (Å²) in [6.45, 7) is 2.87. The van der Waals surface area contributed by atoms with Crippen molar-refractivity contribution in [2.45, 2.75) is 30.7 Å². The highest BCUT2D eigenvalue weighted by Crippen LogP contribution is 2.31. The van der Waals surface area contributed by atoms with E-state index < -0.39 is 9.84 Å². The van der Waals surface area contributed by atoms with E-state index in [1.807, 2.05) is 19.1 Å². The summed E-state index contributed by atoms with van der Waals surface area (Å²) in [5, 5.41) is 5.94. The molecular weight excluding hydrogens is 276 g/mol. The second-order valence-corrected chi connectivity index (χ2v) is 7.01. The maximum Gasteiger partial charge on any atom is 0.233 e. The third kappa shape index (κ3) is 3.37. The lowest BCUT2D eigenvalue weighted by molar-refractivity contribution is -0.120. The monoisotopic (exact) mass is 296 g/mol. The smallest absolute Gasteiger partial charge is 0.233 e. The van der Waals surface area contributed by atoms with Crippen LogP contribution in [0.1, 0.15) is 31.4 Å². The summed E-state index contributed by atoms with van der Waals surface area (Å²) < 4.78 is 24.0. The Morgan fingerprint density at radius 2 is 2.10 bits per heavy atom. The van der Waals surface area contributed by atoms with Crippen molar-refractivity contribution >= 4 is 15.7 Å². The minimum atomic E-state index is -3.17. The van der Waals surface area contributed by atoms with Crippen LogP contribution < -0.4 is 10.6 Å². The highest BCUT2D eigenvalue weighted by Gasteiger charge is 2.29. The largest absolute Gasteiger partial charge is 0.355 e. The highest BCUT2D eigenvalue weighted by molar-refractivity contribution is 7.91. The number of nitrogens with one attached hydrogen (secondary N) is 2. The summed E-state index contributed by atoms with van der Waals surface area (Å²) in [5.41, 5.74) is 0.766. The quantitative estimate of drug-likeness (QED) is 0.850. The Morgan fingerprint density at radius 3 is 2.85 bits per heavy atom. The van der Waals surface area contributed by atoms with Gasteiger partial charge in [-0.05, 0) is 24.5 Å². The van der Waals surface area contributed by atoms with Crippen molar-refractivity contribution in [2.24, 2.45) is 0 Å². The maximum absolute atomic E-state index is 12.0. The Balaban J connectivity index is 2.06. The Labute approximate surface area is 119 Å². The number of amides is 1. The van der Waals surface area contributed by atoms with E-state index in [1.54, 1.807) is 12.1 Å². The SMILES string of the molecule is CCCNC(=O)CNC1CCS(=O)(=O)c2ccccc21. The maximum atomic E-state index is 12.0. The average molecular weight is 296 g/mol. The van der Waals surface area contributed by atoms with E-state index in [-0.39, 0.29) is 24.2 Å². The molecule has 1 amide bonds. The summed E-state index contributed by atoms with van der Waals surface area (Å²) >= 11 is 0. The van der Waals surface area contributed by atoms with Gasteiger partial charge in [0.1, 0.15) is 0 Å². The first kappa shape index (κ1) is 15.0. The normalized spacial score (nSPS) is 20.1. The van der Waals surface area contributed by atoms with Crippen LogP contribution in [0.15, 0.2) is 29.2 Å². The van der Waals surface area contributed by atoms with Crippen LogP contribution in [0.4, 0.5) is 0 Å². The topological polar surface area (TPSA) is 75.3 Å². The summed E-state index contributed by atoms with van der Waals surface area (Å²) in [7, 11) is -3.17. The number of benzene rings is 1. The van der Waals surface area contributed by atoms with E-state index in [4.69, 9.17) is 0 Å². The van der Waals surface area contributed by atoms with Gasteiger partial charge >= 0.3 is 0 Å². The van der Waals surface area contributed by atoms with E-state index in [9.17, 15) is 13.2 Å². The zero-order chi connectivity index (χ0) is 14.6. The molecule has 1 aromatic carbocycles. The molecule has 0 radical (unpaired) electrons. The lowest BCUT2D eigenvalue weighted by Crippen LogP contribution is -2.38. The van der Waals surface area contributed by atoms with E-state index >= 15 is 0 Å². The molecule has 0 bridgehead atoms. The molecule has 1 heterocycles. The van der Waals surface area contributed by atoms with E-state index in [2.05, 4.69) is 10.6 Å². The Kier molecular flexibility index (Phi) is 4.77. The minimum absolute atomic E-state index is 0.0576. The van der Waals surface area contributed by atoms with Gasteiger partial charge in [-0.3, -0.25) is 4.79 Å². The third-order valence-corrected chi connectivity index (χ3v) is 5.20. The third-order valence-electron chi connectivity index (χ3n) is 3.39. The Bertz CT molecular complexity index is 584. The number of fused-ring (bicyclic) bond motifs is 1. The molecule has 1 atom stereocenters. The van der Waals surface area contributed by atoms with Crippen molar-refractivity contribution in [2.75, 3.05) is 18.8 Å². The molecule has 2 rings (SSSR count). The molecule has 0 aliphatic carbocycles. The van der Waals surface area contributed by atoms with Gasteiger partial charge < -0.3 is 10.6 Å². The molecule has 20 heavy (non-hydrogen) atoms. The van der Waals surface area contributed by atoms with Gasteiger partial charge in [-0.2, -0.15) is 0 Å². The lowest BCUT2D eigenvalue weighted by atomic mass is 10.0. The van der Waals surface area contributed by atoms with Gasteiger partial charge in [-0.15, -0.1) is 0 Å². The molecule has 0 saturated heterocycles. The molecule has 0 spiro atoms. The number of hydrogen-bond donors (Lipinski definition) is 2. The van der Waals surface area contributed by atoms with Crippen LogP contribution in [-0.2, 0) is 14.6 Å². The standard InChI is InChI=1S/C14H20N2O3S/c1-2-8-15-14(17)10-16-12-7-9-20(18,19)13-6-4-3-5-11(12)13/h3-6,12,16H,2,7-10H2,1H3,(H,15,17). The molecule has 1 aliphatic rings. The molecule has 1 aliphatic heterocycles. The fourth-order valence-corrected chi connectivity index (χ4v) is 3.97. The molecule has 1 aromatic rings. The molecular formula is C14H20N2O3S. The minimum Gasteiger partial charge on any atom is -0.355 e. The zero-order valence-electron chi connectivity index (χ0n) is 11.6. The summed E-state index contributed by atoms with van der Waals surface area (Å²) in [4.78, 5) is 12.0. The number of carbonyl (C=O) groups excluding carboxylic acids is 1. The van der Waals surface area contributed by atoms with Crippen LogP contribution in [-0.4, -0.2) is 33.2 Å². The molecule has 2 N–H and O–H groups in total. The van der Waals surface area contributed by atoms with Gasteiger partial charge in [0.2, 0.25) is 5.91 Å². The zero-order valence-corrected chi connectivity index (χ0v) is 12.4. The predicted molar refractivity (Wildman–Crippen MR) is 77.2 cm³/mol. The van der Waals surface area contributed by atoms with Crippen molar-refractivity contribution in [3.05, 3.63) is 29.8 Å². The van der Waals surface area contributed by atoms with Crippen molar-refractivity contribution < 1.29 is 13.2 Å². The Hall–Kier alpha value is -1.40. The fraction of sp³-hybridized carbons (Fsp3) is 0.500. The number of sulfone groups is 1. The second-order valence-electron chi connectivity index (χ2n) is 4.93. The van der Waals surface area contributed by atoms with Crippen molar-refractivity contribution in [3.8, 4) is 0 Å². The summed E-state index contributed by atoms with van der Waals surface area (Å²) in [5.74, 6) is 0.0656. The molecule has 0 fully saturated rings. The summed E-state index contributed by atoms with van der Waals surface area (Å²) in [6, 6.07) is 6.92. The van der Waals surface area contributed by atoms with Crippen molar-refractivity contribution in [3.63, 3.8) is 0 Å². The molecule has 6 heteroatoms. The second kappa shape index (κ2) is 6.37. The molecule has 5 nitrogen and oxygen atoms in total. The first-order chi connectivity index (χ1) is 9.54. The van der Waals surface area contributed by atoms with Gasteiger partial charge in [0.25, 0.3) is 0 Å². The molecule has 0 saturated carbocycles. The fourth-order valence-electron chi connectivity index (χ4n) is 2.34. The number of hydrogen-bond acceptors (Lipinski definition) is 4. The van der Waals surface area contributed by atoms with Crippen LogP contribution in [0.5, 0.6) is 0 Å². The first-order valence-corrected chi connectivity index (χ1v) is 8.51. The lowest BCUT2D eigenvalue weighted by Gasteiger charge is -2.26. The summed E-state index contributed by atoms with van der Waals surface area (Å²) in [6.07, 6.45) is 1.40. The van der Waals surface area contributed by atoms with Crippen molar-refractivity contribution in [1.29, 1.82) is 0 Å². The average Bonchev–Trinajstić information content (AvgIpc) is 2.44. The molecule has 110 valence electrons. The van der Waals surface area contributed by atoms with Crippen LogP contribution >= 0.6 is 0 Å². The number of carbonyl (C=O) groups is 1. The van der Waals surface area contributed by atoms with E-state index in [1.165, 1.54) is 0 Å². The molecule has 0 aromatic heterocycles. The van der Waals surface area contributed by atoms with Gasteiger partial charge in [0, 0.05) is 12.6 Å². The van der Waals surface area contributed by atoms with Crippen LogP contribution in [0, 0.1) is 0 Å². The van der Waals surface area contributed by atoms with Gasteiger partial charge in [-0.25, -0.2) is 8.42 Å². The van der Waals surface area contributed by atoms with Gasteiger partial charge in [0.15, 0.2) is 9.84 Å². The molecule has 1 unspecified atom stereocenters. The van der Waals surface area contributed by atoms with E-state index in [0.29, 0.717) is 17.9 Å². The van der Waals surface area contributed by atoms with Crippen LogP contribution in [0.25, 0.3) is 0 Å². The number of rotatable bonds is 5.